The van der Waals surface area contributed by atoms with Gasteiger partial charge in [0.1, 0.15) is 5.82 Å². The quantitative estimate of drug-likeness (QED) is 0.492. The third-order valence-corrected chi connectivity index (χ3v) is 7.45. The molecule has 1 unspecified atom stereocenters. The zero-order valence-electron chi connectivity index (χ0n) is 18.3. The molecule has 1 aromatic heterocycles. The summed E-state index contributed by atoms with van der Waals surface area (Å²) in [6.07, 6.45) is 2.56. The van der Waals surface area contributed by atoms with E-state index in [-0.39, 0.29) is 23.2 Å². The van der Waals surface area contributed by atoms with Crippen LogP contribution < -0.4 is 14.8 Å². The summed E-state index contributed by atoms with van der Waals surface area (Å²) >= 11 is 0. The number of hydrogen-bond donors (Lipinski definition) is 1. The predicted molar refractivity (Wildman–Crippen MR) is 119 cm³/mol. The van der Waals surface area contributed by atoms with Crippen LogP contribution in [-0.4, -0.2) is 17.2 Å². The summed E-state index contributed by atoms with van der Waals surface area (Å²) < 4.78 is 49.1. The van der Waals surface area contributed by atoms with Gasteiger partial charge in [0.15, 0.2) is 11.5 Å². The maximum atomic E-state index is 13.9. The highest BCUT2D eigenvalue weighted by molar-refractivity contribution is 5.91. The lowest BCUT2D eigenvalue weighted by molar-refractivity contribution is -0.286. The van der Waals surface area contributed by atoms with E-state index in [0.29, 0.717) is 35.8 Å². The first-order valence-corrected chi connectivity index (χ1v) is 11.6. The smallest absolute Gasteiger partial charge is 0.395 e. The number of rotatable bonds is 4. The number of aromatic nitrogens is 1. The number of carbonyl (C=O) groups is 1. The van der Waals surface area contributed by atoms with E-state index in [1.165, 1.54) is 29.8 Å². The van der Waals surface area contributed by atoms with Gasteiger partial charge in [0.05, 0.1) is 5.52 Å². The molecule has 3 aromatic rings. The molecule has 176 valence electrons. The zero-order valence-corrected chi connectivity index (χ0v) is 18.3. The number of ether oxygens (including phenoxy) is 2. The third kappa shape index (κ3) is 3.95. The van der Waals surface area contributed by atoms with E-state index in [4.69, 9.17) is 0 Å². The van der Waals surface area contributed by atoms with Gasteiger partial charge in [0, 0.05) is 29.8 Å². The van der Waals surface area contributed by atoms with Crippen molar-refractivity contribution in [1.29, 1.82) is 0 Å². The van der Waals surface area contributed by atoms with Crippen molar-refractivity contribution in [1.82, 2.24) is 4.98 Å². The Hall–Kier alpha value is -3.29. The van der Waals surface area contributed by atoms with Crippen molar-refractivity contribution >= 4 is 22.5 Å². The minimum absolute atomic E-state index is 0.0501. The fourth-order valence-electron chi connectivity index (χ4n) is 6.16. The number of fused-ring (bicyclic) bond motifs is 3. The summed E-state index contributed by atoms with van der Waals surface area (Å²) in [5.41, 5.74) is 2.39. The number of benzene rings is 2. The molecule has 6 rings (SSSR count). The molecule has 1 N–H and O–H groups in total. The summed E-state index contributed by atoms with van der Waals surface area (Å²) in [5.74, 6) is 1.24. The van der Waals surface area contributed by atoms with E-state index in [0.717, 1.165) is 36.6 Å². The lowest BCUT2D eigenvalue weighted by atomic mass is 9.89. The Labute approximate surface area is 194 Å². The predicted octanol–water partition coefficient (Wildman–Crippen LogP) is 6.24. The maximum absolute atomic E-state index is 13.9. The molecule has 1 aliphatic heterocycles. The van der Waals surface area contributed by atoms with E-state index in [1.807, 2.05) is 6.07 Å². The topological polar surface area (TPSA) is 60.5 Å². The Morgan fingerprint density at radius 2 is 1.76 bits per heavy atom. The molecule has 5 nitrogen and oxygen atoms in total. The minimum atomic E-state index is -3.68. The lowest BCUT2D eigenvalue weighted by Crippen LogP contribution is -2.25. The van der Waals surface area contributed by atoms with Crippen LogP contribution in [0.4, 0.5) is 18.9 Å². The highest BCUT2D eigenvalue weighted by Gasteiger charge is 2.44. The van der Waals surface area contributed by atoms with Gasteiger partial charge in [-0.3, -0.25) is 9.78 Å². The van der Waals surface area contributed by atoms with Gasteiger partial charge in [-0.15, -0.1) is 8.78 Å². The lowest BCUT2D eigenvalue weighted by Gasteiger charge is -2.17. The Kier molecular flexibility index (Phi) is 4.93. The molecule has 2 saturated carbocycles. The second-order valence-electron chi connectivity index (χ2n) is 9.67. The van der Waals surface area contributed by atoms with Crippen molar-refractivity contribution in [2.75, 3.05) is 5.32 Å². The molecule has 0 bridgehead atoms. The van der Waals surface area contributed by atoms with Crippen LogP contribution in [0.2, 0.25) is 0 Å². The number of hydrogen-bond acceptors (Lipinski definition) is 4. The van der Waals surface area contributed by atoms with Crippen LogP contribution in [-0.2, 0) is 4.79 Å². The third-order valence-electron chi connectivity index (χ3n) is 7.45. The van der Waals surface area contributed by atoms with Crippen LogP contribution in [0.5, 0.6) is 11.5 Å². The number of amides is 1. The molecule has 0 spiro atoms. The van der Waals surface area contributed by atoms with Crippen molar-refractivity contribution in [3.8, 4) is 11.5 Å². The van der Waals surface area contributed by atoms with Crippen LogP contribution >= 0.6 is 0 Å². The van der Waals surface area contributed by atoms with E-state index < -0.39 is 6.29 Å². The highest BCUT2D eigenvalue weighted by atomic mass is 19.3. The average Bonchev–Trinajstić information content (AvgIpc) is 3.42. The molecule has 0 saturated heterocycles. The Bertz CT molecular complexity index is 1270. The molecular formula is C26H23F3N2O3. The molecular weight excluding hydrogens is 445 g/mol. The number of nitrogens with zero attached hydrogens (tertiary/aromatic N) is 1. The molecule has 2 aliphatic carbocycles. The fourth-order valence-corrected chi connectivity index (χ4v) is 6.16. The number of carbonyl (C=O) groups excluding carboxylic acids is 1. The normalized spacial score (nSPS) is 26.6. The summed E-state index contributed by atoms with van der Waals surface area (Å²) in [7, 11) is 0. The van der Waals surface area contributed by atoms with Crippen LogP contribution in [0.25, 0.3) is 10.9 Å². The molecule has 34 heavy (non-hydrogen) atoms. The molecule has 8 heteroatoms. The Morgan fingerprint density at radius 3 is 2.56 bits per heavy atom. The van der Waals surface area contributed by atoms with Gasteiger partial charge in [-0.2, -0.15) is 0 Å². The molecule has 4 atom stereocenters. The largest absolute Gasteiger partial charge is 0.586 e. The monoisotopic (exact) mass is 468 g/mol. The van der Waals surface area contributed by atoms with E-state index in [1.54, 1.807) is 18.3 Å². The van der Waals surface area contributed by atoms with E-state index in [9.17, 15) is 18.0 Å². The summed E-state index contributed by atoms with van der Waals surface area (Å²) in [6, 6.07) is 11.0. The summed E-state index contributed by atoms with van der Waals surface area (Å²) in [5, 5.41) is 3.68. The van der Waals surface area contributed by atoms with Crippen LogP contribution in [0, 0.1) is 23.6 Å². The average molecular weight is 468 g/mol. The summed E-state index contributed by atoms with van der Waals surface area (Å²) in [4.78, 5) is 17.0. The van der Waals surface area contributed by atoms with Gasteiger partial charge in [-0.1, -0.05) is 0 Å². The van der Waals surface area contributed by atoms with E-state index >= 15 is 0 Å². The van der Waals surface area contributed by atoms with Gasteiger partial charge < -0.3 is 14.8 Å². The number of alkyl halides is 2. The maximum Gasteiger partial charge on any atom is 0.586 e. The van der Waals surface area contributed by atoms with Gasteiger partial charge in [-0.05, 0) is 91.3 Å². The van der Waals surface area contributed by atoms with Crippen LogP contribution in [0.3, 0.4) is 0 Å². The molecule has 0 radical (unpaired) electrons. The molecule has 2 fully saturated rings. The van der Waals surface area contributed by atoms with Gasteiger partial charge in [-0.25, -0.2) is 4.39 Å². The molecule has 2 heterocycles. The van der Waals surface area contributed by atoms with Gasteiger partial charge >= 0.3 is 6.29 Å². The molecule has 2 aromatic carbocycles. The van der Waals surface area contributed by atoms with Crippen molar-refractivity contribution < 1.29 is 27.4 Å². The Morgan fingerprint density at radius 1 is 1.00 bits per heavy atom. The first kappa shape index (κ1) is 21.3. The van der Waals surface area contributed by atoms with Crippen LogP contribution in [0.15, 0.2) is 48.7 Å². The molecule has 3 aliphatic rings. The fraction of sp³-hybridized carbons (Fsp3) is 0.385. The molecule has 1 amide bonds. The van der Waals surface area contributed by atoms with Crippen molar-refractivity contribution in [2.45, 2.75) is 44.3 Å². The number of pyridine rings is 1. The summed E-state index contributed by atoms with van der Waals surface area (Å²) in [6.45, 7) is 0. The number of nitrogens with one attached hydrogen (secondary N) is 1. The van der Waals surface area contributed by atoms with E-state index in [2.05, 4.69) is 19.8 Å². The SMILES string of the molecule is O=C(CC1C[C@@H]2C[C@H](c3ccnc4ccc(F)cc34)C[C@@H]2C1)Nc1ccc2c(c1)OC(F)(F)O2. The highest BCUT2D eigenvalue weighted by Crippen LogP contribution is 2.54. The van der Waals surface area contributed by atoms with Gasteiger partial charge in [0.25, 0.3) is 0 Å². The Balaban J connectivity index is 1.07. The standard InChI is InChI=1S/C26H23F3N2O3/c27-18-1-3-22-21(12-18)20(5-6-30-22)17-10-15-7-14(8-16(15)11-17)9-25(32)31-19-2-4-23-24(13-19)34-26(28,29)33-23/h1-6,12-17H,7-11H2,(H,31,32)/t14?,15-,16+,17+. The zero-order chi connectivity index (χ0) is 23.4. The first-order chi connectivity index (χ1) is 16.3. The second-order valence-corrected chi connectivity index (χ2v) is 9.67. The van der Waals surface area contributed by atoms with Gasteiger partial charge in [0.2, 0.25) is 5.91 Å². The first-order valence-electron chi connectivity index (χ1n) is 11.6. The number of halogens is 3. The van der Waals surface area contributed by atoms with Crippen molar-refractivity contribution in [2.24, 2.45) is 17.8 Å². The minimum Gasteiger partial charge on any atom is -0.395 e. The number of anilines is 1. The van der Waals surface area contributed by atoms with Crippen molar-refractivity contribution in [3.05, 3.63) is 60.0 Å². The van der Waals surface area contributed by atoms with Crippen LogP contribution in [0.1, 0.15) is 43.6 Å². The second kappa shape index (κ2) is 7.89. The van der Waals surface area contributed by atoms with Crippen molar-refractivity contribution in [3.63, 3.8) is 0 Å².